The van der Waals surface area contributed by atoms with Gasteiger partial charge in [-0.05, 0) is 30.5 Å². The van der Waals surface area contributed by atoms with E-state index in [2.05, 4.69) is 20.6 Å². The molecule has 1 atom stereocenters. The monoisotopic (exact) mass is 303 g/mol. The van der Waals surface area contributed by atoms with Gasteiger partial charge in [-0.3, -0.25) is 4.57 Å². The molecule has 3 N–H and O–H groups in total. The highest BCUT2D eigenvalue weighted by atomic mass is 16.3. The molecule has 0 aliphatic heterocycles. The largest absolute Gasteiger partial charge is 0.396 e. The number of nitrogens with one attached hydrogen (secondary N) is 2. The summed E-state index contributed by atoms with van der Waals surface area (Å²) in [4.78, 5) is 20.1. The summed E-state index contributed by atoms with van der Waals surface area (Å²) in [7, 11) is 0. The van der Waals surface area contributed by atoms with Gasteiger partial charge < -0.3 is 15.7 Å². The molecule has 2 heterocycles. The Kier molecular flexibility index (Phi) is 5.91. The fraction of sp³-hybridized carbons (Fsp3) is 0.400. The van der Waals surface area contributed by atoms with Gasteiger partial charge in [-0.2, -0.15) is 0 Å². The molecule has 0 bridgehead atoms. The first kappa shape index (κ1) is 16.0. The van der Waals surface area contributed by atoms with Crippen LogP contribution in [-0.2, 0) is 6.54 Å². The van der Waals surface area contributed by atoms with Crippen molar-refractivity contribution < 1.29 is 9.90 Å². The maximum Gasteiger partial charge on any atom is 0.315 e. The van der Waals surface area contributed by atoms with Crippen molar-refractivity contribution in [1.82, 2.24) is 25.2 Å². The van der Waals surface area contributed by atoms with Gasteiger partial charge >= 0.3 is 6.03 Å². The van der Waals surface area contributed by atoms with Gasteiger partial charge in [-0.15, -0.1) is 0 Å². The maximum atomic E-state index is 11.8. The van der Waals surface area contributed by atoms with Gasteiger partial charge in [0.25, 0.3) is 0 Å². The van der Waals surface area contributed by atoms with Gasteiger partial charge in [0.1, 0.15) is 12.1 Å². The molecule has 0 saturated heterocycles. The molecule has 2 aromatic heterocycles. The minimum Gasteiger partial charge on any atom is -0.396 e. The predicted octanol–water partition coefficient (Wildman–Crippen LogP) is 1.23. The lowest BCUT2D eigenvalue weighted by atomic mass is 10.2. The van der Waals surface area contributed by atoms with E-state index >= 15 is 0 Å². The molecule has 0 saturated carbocycles. The van der Waals surface area contributed by atoms with Crippen LogP contribution in [-0.4, -0.2) is 38.3 Å². The molecule has 0 aliphatic carbocycles. The first-order chi connectivity index (χ1) is 10.7. The molecule has 2 amide bonds. The standard InChI is InChI=1S/C15H21N5O2/c1-2-13(4-8-21)19-15(22)18-10-12-3-5-17-14(9-12)20-7-6-16-11-20/h3,5-7,9,11,13,21H,2,4,8,10H2,1H3,(H2,18,19,22). The van der Waals surface area contributed by atoms with Crippen LogP contribution in [0.2, 0.25) is 0 Å². The summed E-state index contributed by atoms with van der Waals surface area (Å²) in [5, 5.41) is 14.6. The fourth-order valence-electron chi connectivity index (χ4n) is 2.06. The maximum absolute atomic E-state index is 11.8. The van der Waals surface area contributed by atoms with Crippen LogP contribution < -0.4 is 10.6 Å². The number of amides is 2. The van der Waals surface area contributed by atoms with Gasteiger partial charge in [0.2, 0.25) is 0 Å². The molecule has 0 radical (unpaired) electrons. The quantitative estimate of drug-likeness (QED) is 0.717. The lowest BCUT2D eigenvalue weighted by molar-refractivity contribution is 0.227. The third kappa shape index (κ3) is 4.56. The summed E-state index contributed by atoms with van der Waals surface area (Å²) in [5.41, 5.74) is 0.948. The van der Waals surface area contributed by atoms with Crippen LogP contribution in [0.1, 0.15) is 25.3 Å². The number of rotatable bonds is 7. The van der Waals surface area contributed by atoms with E-state index in [0.717, 1.165) is 17.8 Å². The fourth-order valence-corrected chi connectivity index (χ4v) is 2.06. The van der Waals surface area contributed by atoms with Crippen LogP contribution in [0.15, 0.2) is 37.1 Å². The summed E-state index contributed by atoms with van der Waals surface area (Å²) < 4.78 is 1.80. The number of aromatic nitrogens is 3. The summed E-state index contributed by atoms with van der Waals surface area (Å²) in [6.45, 7) is 2.45. The van der Waals surface area contributed by atoms with Crippen LogP contribution in [0.4, 0.5) is 4.79 Å². The van der Waals surface area contributed by atoms with Crippen molar-refractivity contribution in [3.05, 3.63) is 42.6 Å². The first-order valence-corrected chi connectivity index (χ1v) is 7.31. The number of urea groups is 1. The zero-order valence-corrected chi connectivity index (χ0v) is 12.6. The molecule has 7 heteroatoms. The molecule has 1 unspecified atom stereocenters. The molecule has 7 nitrogen and oxygen atoms in total. The van der Waals surface area contributed by atoms with Crippen molar-refractivity contribution in [3.8, 4) is 5.82 Å². The molecule has 0 aliphatic rings. The molecule has 2 aromatic rings. The van der Waals surface area contributed by atoms with Crippen LogP contribution in [0.3, 0.4) is 0 Å². The van der Waals surface area contributed by atoms with Crippen molar-refractivity contribution in [2.24, 2.45) is 0 Å². The lowest BCUT2D eigenvalue weighted by Gasteiger charge is -2.16. The topological polar surface area (TPSA) is 92.1 Å². The van der Waals surface area contributed by atoms with Crippen molar-refractivity contribution in [2.75, 3.05) is 6.61 Å². The average molecular weight is 303 g/mol. The van der Waals surface area contributed by atoms with E-state index in [-0.39, 0.29) is 18.7 Å². The SMILES string of the molecule is CCC(CCO)NC(=O)NCc1ccnc(-n2ccnc2)c1. The second-order valence-electron chi connectivity index (χ2n) is 4.94. The Hall–Kier alpha value is -2.41. The number of carbonyl (C=O) groups excluding carboxylic acids is 1. The first-order valence-electron chi connectivity index (χ1n) is 7.31. The van der Waals surface area contributed by atoms with Gasteiger partial charge in [-0.25, -0.2) is 14.8 Å². The molecule has 2 rings (SSSR count). The number of carbonyl (C=O) groups is 1. The predicted molar refractivity (Wildman–Crippen MR) is 82.5 cm³/mol. The number of hydrogen-bond donors (Lipinski definition) is 3. The molecule has 22 heavy (non-hydrogen) atoms. The van der Waals surface area contributed by atoms with Crippen LogP contribution >= 0.6 is 0 Å². The third-order valence-electron chi connectivity index (χ3n) is 3.34. The van der Waals surface area contributed by atoms with Crippen LogP contribution in [0.5, 0.6) is 0 Å². The van der Waals surface area contributed by atoms with E-state index in [9.17, 15) is 4.79 Å². The minimum atomic E-state index is -0.235. The lowest BCUT2D eigenvalue weighted by Crippen LogP contribution is -2.41. The van der Waals surface area contributed by atoms with Gasteiger partial charge in [0.15, 0.2) is 0 Å². The normalized spacial score (nSPS) is 11.9. The number of aliphatic hydroxyl groups excluding tert-OH is 1. The highest BCUT2D eigenvalue weighted by Crippen LogP contribution is 2.06. The summed E-state index contributed by atoms with van der Waals surface area (Å²) in [6.07, 6.45) is 8.22. The average Bonchev–Trinajstić information content (AvgIpc) is 3.07. The van der Waals surface area contributed by atoms with E-state index in [4.69, 9.17) is 5.11 Å². The van der Waals surface area contributed by atoms with Crippen molar-refractivity contribution in [1.29, 1.82) is 0 Å². The Labute approximate surface area is 129 Å². The number of aliphatic hydroxyl groups is 1. The summed E-state index contributed by atoms with van der Waals surface area (Å²) in [6, 6.07) is 3.50. The van der Waals surface area contributed by atoms with Crippen molar-refractivity contribution in [3.63, 3.8) is 0 Å². The zero-order chi connectivity index (χ0) is 15.8. The van der Waals surface area contributed by atoms with Crippen molar-refractivity contribution in [2.45, 2.75) is 32.4 Å². The van der Waals surface area contributed by atoms with Crippen LogP contribution in [0.25, 0.3) is 5.82 Å². The van der Waals surface area contributed by atoms with Crippen molar-refractivity contribution >= 4 is 6.03 Å². The van der Waals surface area contributed by atoms with Crippen LogP contribution in [0, 0.1) is 0 Å². The summed E-state index contributed by atoms with van der Waals surface area (Å²) in [5.74, 6) is 0.754. The smallest absolute Gasteiger partial charge is 0.315 e. The van der Waals surface area contributed by atoms with Gasteiger partial charge in [-0.1, -0.05) is 6.92 Å². The number of nitrogens with zero attached hydrogens (tertiary/aromatic N) is 3. The van der Waals surface area contributed by atoms with Gasteiger partial charge in [0, 0.05) is 37.8 Å². The molecule has 0 spiro atoms. The Morgan fingerprint density at radius 1 is 1.45 bits per heavy atom. The number of pyridine rings is 1. The van der Waals surface area contributed by atoms with E-state index in [1.165, 1.54) is 0 Å². The number of imidazole rings is 1. The van der Waals surface area contributed by atoms with E-state index < -0.39 is 0 Å². The molecule has 118 valence electrons. The number of hydrogen-bond acceptors (Lipinski definition) is 4. The second-order valence-corrected chi connectivity index (χ2v) is 4.94. The Morgan fingerprint density at radius 3 is 3.00 bits per heavy atom. The van der Waals surface area contributed by atoms with Gasteiger partial charge in [0.05, 0.1) is 0 Å². The zero-order valence-electron chi connectivity index (χ0n) is 12.6. The highest BCUT2D eigenvalue weighted by molar-refractivity contribution is 5.74. The molecule has 0 fully saturated rings. The Balaban J connectivity index is 1.89. The van der Waals surface area contributed by atoms with E-state index in [1.54, 1.807) is 23.3 Å². The molecular formula is C15H21N5O2. The molecule has 0 aromatic carbocycles. The second kappa shape index (κ2) is 8.14. The Bertz CT molecular complexity index is 585. The molecular weight excluding hydrogens is 282 g/mol. The Morgan fingerprint density at radius 2 is 2.32 bits per heavy atom. The minimum absolute atomic E-state index is 0.0102. The highest BCUT2D eigenvalue weighted by Gasteiger charge is 2.09. The third-order valence-corrected chi connectivity index (χ3v) is 3.34. The summed E-state index contributed by atoms with van der Waals surface area (Å²) >= 11 is 0. The van der Waals surface area contributed by atoms with E-state index in [1.807, 2.05) is 25.3 Å². The van der Waals surface area contributed by atoms with E-state index in [0.29, 0.717) is 13.0 Å².